The third kappa shape index (κ3) is 4.00. The zero-order valence-corrected chi connectivity index (χ0v) is 16.4. The highest BCUT2D eigenvalue weighted by Gasteiger charge is 2.25. The molecule has 1 saturated heterocycles. The Balaban J connectivity index is 1.49. The van der Waals surface area contributed by atoms with E-state index in [1.807, 2.05) is 24.8 Å². The molecule has 2 unspecified atom stereocenters. The Morgan fingerprint density at radius 1 is 1.14 bits per heavy atom. The Bertz CT molecular complexity index is 984. The Kier molecular flexibility index (Phi) is 5.27. The normalized spacial score (nSPS) is 19.9. The molecule has 0 saturated carbocycles. The molecule has 3 heterocycles. The number of amides is 1. The molecule has 9 heteroatoms. The summed E-state index contributed by atoms with van der Waals surface area (Å²) in [6.07, 6.45) is 0.0879. The number of carbonyl (C=O) groups is 1. The second-order valence-electron chi connectivity index (χ2n) is 6.82. The van der Waals surface area contributed by atoms with Crippen molar-refractivity contribution in [1.82, 2.24) is 24.7 Å². The first kappa shape index (κ1) is 18.8. The SMILES string of the molecule is CC1CN(C(=O)CSc2ccc3nnc(-c4ccc(F)cc4)n3n2)CC(C)O1. The van der Waals surface area contributed by atoms with E-state index in [0.717, 1.165) is 5.56 Å². The Hall–Kier alpha value is -2.52. The second kappa shape index (κ2) is 7.84. The maximum Gasteiger partial charge on any atom is 0.233 e. The predicted octanol–water partition coefficient (Wildman–Crippen LogP) is 2.66. The molecule has 1 aliphatic heterocycles. The number of nitrogens with zero attached hydrogens (tertiary/aromatic N) is 5. The van der Waals surface area contributed by atoms with Crippen LogP contribution in [-0.4, -0.2) is 61.7 Å². The predicted molar refractivity (Wildman–Crippen MR) is 103 cm³/mol. The summed E-state index contributed by atoms with van der Waals surface area (Å²) in [6, 6.07) is 9.64. The van der Waals surface area contributed by atoms with Gasteiger partial charge >= 0.3 is 0 Å². The van der Waals surface area contributed by atoms with Gasteiger partial charge in [-0.05, 0) is 50.2 Å². The van der Waals surface area contributed by atoms with Crippen LogP contribution in [0.4, 0.5) is 4.39 Å². The second-order valence-corrected chi connectivity index (χ2v) is 7.81. The summed E-state index contributed by atoms with van der Waals surface area (Å²) in [5.74, 6) is 0.578. The number of thioether (sulfide) groups is 1. The van der Waals surface area contributed by atoms with E-state index in [-0.39, 0.29) is 23.9 Å². The van der Waals surface area contributed by atoms with Crippen LogP contribution in [0.2, 0.25) is 0 Å². The van der Waals surface area contributed by atoms with Crippen LogP contribution in [0.15, 0.2) is 41.4 Å². The van der Waals surface area contributed by atoms with E-state index in [1.54, 1.807) is 22.7 Å². The van der Waals surface area contributed by atoms with Crippen molar-refractivity contribution >= 4 is 23.3 Å². The molecule has 7 nitrogen and oxygen atoms in total. The molecular formula is C19H20FN5O2S. The van der Waals surface area contributed by atoms with Gasteiger partial charge in [0, 0.05) is 18.7 Å². The number of hydrogen-bond donors (Lipinski definition) is 0. The van der Waals surface area contributed by atoms with E-state index >= 15 is 0 Å². The molecule has 1 aliphatic rings. The molecule has 28 heavy (non-hydrogen) atoms. The molecule has 3 aromatic rings. The number of halogens is 1. The molecule has 4 rings (SSSR count). The van der Waals surface area contributed by atoms with Crippen LogP contribution in [-0.2, 0) is 9.53 Å². The van der Waals surface area contributed by atoms with E-state index in [1.165, 1.54) is 23.9 Å². The molecule has 0 spiro atoms. The summed E-state index contributed by atoms with van der Waals surface area (Å²) in [5, 5.41) is 13.5. The Labute approximate surface area is 165 Å². The summed E-state index contributed by atoms with van der Waals surface area (Å²) < 4.78 is 20.5. The van der Waals surface area contributed by atoms with Gasteiger partial charge in [0.1, 0.15) is 10.8 Å². The van der Waals surface area contributed by atoms with E-state index in [0.29, 0.717) is 35.3 Å². The maximum absolute atomic E-state index is 13.2. The average Bonchev–Trinajstić information content (AvgIpc) is 3.09. The lowest BCUT2D eigenvalue weighted by Gasteiger charge is -2.35. The molecule has 0 bridgehead atoms. The zero-order chi connectivity index (χ0) is 19.7. The van der Waals surface area contributed by atoms with Crippen molar-refractivity contribution < 1.29 is 13.9 Å². The van der Waals surface area contributed by atoms with Crippen molar-refractivity contribution in [3.05, 3.63) is 42.2 Å². The highest BCUT2D eigenvalue weighted by atomic mass is 32.2. The van der Waals surface area contributed by atoms with Crippen LogP contribution < -0.4 is 0 Å². The molecule has 2 aromatic heterocycles. The molecule has 0 aliphatic carbocycles. The van der Waals surface area contributed by atoms with Crippen LogP contribution in [0.3, 0.4) is 0 Å². The number of aromatic nitrogens is 4. The monoisotopic (exact) mass is 401 g/mol. The number of hydrogen-bond acceptors (Lipinski definition) is 6. The van der Waals surface area contributed by atoms with Crippen molar-refractivity contribution in [2.24, 2.45) is 0 Å². The molecule has 146 valence electrons. The van der Waals surface area contributed by atoms with Crippen LogP contribution >= 0.6 is 11.8 Å². The molecule has 0 radical (unpaired) electrons. The molecule has 1 aromatic carbocycles. The number of carbonyl (C=O) groups excluding carboxylic acids is 1. The summed E-state index contributed by atoms with van der Waals surface area (Å²) in [5.41, 5.74) is 1.31. The van der Waals surface area contributed by atoms with Gasteiger partial charge in [0.25, 0.3) is 0 Å². The number of rotatable bonds is 4. The van der Waals surface area contributed by atoms with Gasteiger partial charge < -0.3 is 9.64 Å². The largest absolute Gasteiger partial charge is 0.372 e. The van der Waals surface area contributed by atoms with E-state index < -0.39 is 0 Å². The first-order valence-corrected chi connectivity index (χ1v) is 10.0. The number of fused-ring (bicyclic) bond motifs is 1. The smallest absolute Gasteiger partial charge is 0.233 e. The number of ether oxygens (including phenoxy) is 1. The lowest BCUT2D eigenvalue weighted by molar-refractivity contribution is -0.140. The van der Waals surface area contributed by atoms with Crippen molar-refractivity contribution in [2.75, 3.05) is 18.8 Å². The minimum Gasteiger partial charge on any atom is -0.372 e. The lowest BCUT2D eigenvalue weighted by Crippen LogP contribution is -2.48. The molecule has 0 N–H and O–H groups in total. The van der Waals surface area contributed by atoms with Gasteiger partial charge in [-0.3, -0.25) is 4.79 Å². The van der Waals surface area contributed by atoms with Crippen LogP contribution in [0, 0.1) is 5.82 Å². The van der Waals surface area contributed by atoms with Gasteiger partial charge in [-0.15, -0.1) is 10.2 Å². The summed E-state index contributed by atoms with van der Waals surface area (Å²) in [6.45, 7) is 5.16. The van der Waals surface area contributed by atoms with E-state index in [9.17, 15) is 9.18 Å². The molecular weight excluding hydrogens is 381 g/mol. The van der Waals surface area contributed by atoms with Gasteiger partial charge in [-0.2, -0.15) is 9.61 Å². The van der Waals surface area contributed by atoms with Crippen molar-refractivity contribution in [2.45, 2.75) is 31.1 Å². The first-order valence-electron chi connectivity index (χ1n) is 9.04. The van der Waals surface area contributed by atoms with E-state index in [4.69, 9.17) is 4.74 Å². The zero-order valence-electron chi connectivity index (χ0n) is 15.6. The van der Waals surface area contributed by atoms with Gasteiger partial charge in [-0.25, -0.2) is 4.39 Å². The van der Waals surface area contributed by atoms with Gasteiger partial charge in [0.2, 0.25) is 5.91 Å². The number of morpholine rings is 1. The standard InChI is InChI=1S/C19H20FN5O2S/c1-12-9-24(10-13(2)27-12)18(26)11-28-17-8-7-16-21-22-19(25(16)23-17)14-3-5-15(20)6-4-14/h3-8,12-13H,9-11H2,1-2H3. The topological polar surface area (TPSA) is 72.6 Å². The highest BCUT2D eigenvalue weighted by molar-refractivity contribution is 7.99. The van der Waals surface area contributed by atoms with Crippen molar-refractivity contribution in [3.63, 3.8) is 0 Å². The van der Waals surface area contributed by atoms with Crippen LogP contribution in [0.25, 0.3) is 17.0 Å². The molecule has 2 atom stereocenters. The third-order valence-electron chi connectivity index (χ3n) is 4.46. The molecule has 1 fully saturated rings. The third-order valence-corrected chi connectivity index (χ3v) is 5.36. The van der Waals surface area contributed by atoms with E-state index in [2.05, 4.69) is 15.3 Å². The fraction of sp³-hybridized carbons (Fsp3) is 0.368. The average molecular weight is 401 g/mol. The minimum atomic E-state index is -0.313. The van der Waals surface area contributed by atoms with Crippen molar-refractivity contribution in [1.29, 1.82) is 0 Å². The lowest BCUT2D eigenvalue weighted by atomic mass is 10.2. The van der Waals surface area contributed by atoms with Gasteiger partial charge in [0.15, 0.2) is 11.5 Å². The first-order chi connectivity index (χ1) is 13.5. The summed E-state index contributed by atoms with van der Waals surface area (Å²) in [7, 11) is 0. The minimum absolute atomic E-state index is 0.0439. The summed E-state index contributed by atoms with van der Waals surface area (Å²) >= 11 is 1.37. The van der Waals surface area contributed by atoms with Gasteiger partial charge in [-0.1, -0.05) is 11.8 Å². The van der Waals surface area contributed by atoms with Crippen molar-refractivity contribution in [3.8, 4) is 11.4 Å². The van der Waals surface area contributed by atoms with Crippen LogP contribution in [0.1, 0.15) is 13.8 Å². The maximum atomic E-state index is 13.2. The molecule has 1 amide bonds. The highest BCUT2D eigenvalue weighted by Crippen LogP contribution is 2.22. The number of benzene rings is 1. The quantitative estimate of drug-likeness (QED) is 0.626. The van der Waals surface area contributed by atoms with Gasteiger partial charge in [0.05, 0.1) is 18.0 Å². The Morgan fingerprint density at radius 3 is 2.57 bits per heavy atom. The fourth-order valence-electron chi connectivity index (χ4n) is 3.24. The van der Waals surface area contributed by atoms with Crippen LogP contribution in [0.5, 0.6) is 0 Å². The summed E-state index contributed by atoms with van der Waals surface area (Å²) in [4.78, 5) is 14.4. The Morgan fingerprint density at radius 2 is 1.86 bits per heavy atom. The fourth-order valence-corrected chi connectivity index (χ4v) is 3.99.